The van der Waals surface area contributed by atoms with Gasteiger partial charge in [0.2, 0.25) is 5.91 Å². The molecule has 1 atom stereocenters. The Morgan fingerprint density at radius 2 is 2.17 bits per heavy atom. The van der Waals surface area contributed by atoms with Gasteiger partial charge in [0, 0.05) is 32.1 Å². The molecule has 3 rings (SSSR count). The maximum atomic E-state index is 12.7. The van der Waals surface area contributed by atoms with Gasteiger partial charge in [-0.15, -0.1) is 0 Å². The average Bonchev–Trinajstić information content (AvgIpc) is 3.10. The van der Waals surface area contributed by atoms with E-state index < -0.39 is 0 Å². The first-order valence-corrected chi connectivity index (χ1v) is 7.91. The van der Waals surface area contributed by atoms with Gasteiger partial charge in [0.15, 0.2) is 0 Å². The molecule has 24 heavy (non-hydrogen) atoms. The van der Waals surface area contributed by atoms with E-state index in [0.717, 1.165) is 24.1 Å². The standard InChI is InChI=1S/C17H19N5O2/c1-12(23)21-10-14-9-13(4-5-19-14)16-3-2-8-22(16)17(24)15-11-18-6-7-20-15/h4-7,9,11,16H,2-3,8,10H2,1H3,(H,21,23)/t16-/m1/s1. The second kappa shape index (κ2) is 7.16. The highest BCUT2D eigenvalue weighted by molar-refractivity contribution is 5.92. The largest absolute Gasteiger partial charge is 0.351 e. The van der Waals surface area contributed by atoms with Gasteiger partial charge in [-0.3, -0.25) is 19.6 Å². The molecule has 0 saturated carbocycles. The molecule has 0 aliphatic carbocycles. The first-order valence-electron chi connectivity index (χ1n) is 7.91. The highest BCUT2D eigenvalue weighted by Gasteiger charge is 2.31. The number of rotatable bonds is 4. The summed E-state index contributed by atoms with van der Waals surface area (Å²) in [5.41, 5.74) is 2.17. The zero-order valence-corrected chi connectivity index (χ0v) is 13.5. The molecule has 124 valence electrons. The van der Waals surface area contributed by atoms with E-state index >= 15 is 0 Å². The van der Waals surface area contributed by atoms with E-state index in [9.17, 15) is 9.59 Å². The van der Waals surface area contributed by atoms with Crippen molar-refractivity contribution >= 4 is 11.8 Å². The molecule has 1 N–H and O–H groups in total. The number of carbonyl (C=O) groups is 2. The summed E-state index contributed by atoms with van der Waals surface area (Å²) >= 11 is 0. The molecule has 0 spiro atoms. The van der Waals surface area contributed by atoms with Crippen LogP contribution in [-0.4, -0.2) is 38.2 Å². The van der Waals surface area contributed by atoms with Crippen molar-refractivity contribution in [2.24, 2.45) is 0 Å². The third kappa shape index (κ3) is 3.56. The van der Waals surface area contributed by atoms with E-state index in [0.29, 0.717) is 18.8 Å². The van der Waals surface area contributed by atoms with Gasteiger partial charge >= 0.3 is 0 Å². The number of hydrogen-bond acceptors (Lipinski definition) is 5. The molecule has 0 unspecified atom stereocenters. The third-order valence-electron chi connectivity index (χ3n) is 4.04. The Morgan fingerprint density at radius 1 is 1.29 bits per heavy atom. The Kier molecular flexibility index (Phi) is 4.79. The van der Waals surface area contributed by atoms with Crippen molar-refractivity contribution in [2.45, 2.75) is 32.4 Å². The molecule has 2 aromatic rings. The van der Waals surface area contributed by atoms with Gasteiger partial charge in [0.25, 0.3) is 5.91 Å². The van der Waals surface area contributed by atoms with Crippen molar-refractivity contribution in [3.8, 4) is 0 Å². The number of carbonyl (C=O) groups excluding carboxylic acids is 2. The Bertz CT molecular complexity index is 735. The second-order valence-corrected chi connectivity index (χ2v) is 5.74. The summed E-state index contributed by atoms with van der Waals surface area (Å²) in [7, 11) is 0. The number of aromatic nitrogens is 3. The van der Waals surface area contributed by atoms with E-state index in [2.05, 4.69) is 20.3 Å². The maximum Gasteiger partial charge on any atom is 0.274 e. The normalized spacial score (nSPS) is 16.9. The minimum atomic E-state index is -0.106. The summed E-state index contributed by atoms with van der Waals surface area (Å²) in [6.45, 7) is 2.56. The molecule has 1 aliphatic heterocycles. The molecule has 1 fully saturated rings. The van der Waals surface area contributed by atoms with E-state index in [1.54, 1.807) is 12.4 Å². The van der Waals surface area contributed by atoms with E-state index in [1.165, 1.54) is 19.3 Å². The molecule has 0 aromatic carbocycles. The molecule has 1 aliphatic rings. The van der Waals surface area contributed by atoms with Crippen LogP contribution in [0.5, 0.6) is 0 Å². The van der Waals surface area contributed by atoms with Crippen LogP contribution < -0.4 is 5.32 Å². The van der Waals surface area contributed by atoms with Crippen molar-refractivity contribution < 1.29 is 9.59 Å². The van der Waals surface area contributed by atoms with Crippen LogP contribution in [0.15, 0.2) is 36.9 Å². The van der Waals surface area contributed by atoms with Crippen LogP contribution in [0, 0.1) is 0 Å². The van der Waals surface area contributed by atoms with Crippen LogP contribution in [0.2, 0.25) is 0 Å². The fourth-order valence-electron chi connectivity index (χ4n) is 2.93. The summed E-state index contributed by atoms with van der Waals surface area (Å²) in [6.07, 6.45) is 8.13. The number of hydrogen-bond donors (Lipinski definition) is 1. The lowest BCUT2D eigenvalue weighted by Crippen LogP contribution is -2.31. The van der Waals surface area contributed by atoms with Crippen molar-refractivity contribution in [1.29, 1.82) is 0 Å². The summed E-state index contributed by atoms with van der Waals surface area (Å²) in [4.78, 5) is 37.9. The Balaban J connectivity index is 1.79. The first-order chi connectivity index (χ1) is 11.6. The van der Waals surface area contributed by atoms with Gasteiger partial charge in [-0.2, -0.15) is 0 Å². The zero-order chi connectivity index (χ0) is 16.9. The number of nitrogens with zero attached hydrogens (tertiary/aromatic N) is 4. The molecule has 2 aromatic heterocycles. The summed E-state index contributed by atoms with van der Waals surface area (Å²) < 4.78 is 0. The average molecular weight is 325 g/mol. The van der Waals surface area contributed by atoms with E-state index in [-0.39, 0.29) is 17.9 Å². The highest BCUT2D eigenvalue weighted by atomic mass is 16.2. The van der Waals surface area contributed by atoms with Crippen LogP contribution in [0.4, 0.5) is 0 Å². The van der Waals surface area contributed by atoms with Crippen molar-refractivity contribution in [3.05, 3.63) is 53.9 Å². The lowest BCUT2D eigenvalue weighted by molar-refractivity contribution is -0.119. The lowest BCUT2D eigenvalue weighted by Gasteiger charge is -2.25. The Labute approximate surface area is 140 Å². The minimum Gasteiger partial charge on any atom is -0.351 e. The number of amides is 2. The predicted molar refractivity (Wildman–Crippen MR) is 86.8 cm³/mol. The molecule has 1 saturated heterocycles. The number of likely N-dealkylation sites (tertiary alicyclic amines) is 1. The zero-order valence-electron chi connectivity index (χ0n) is 13.5. The van der Waals surface area contributed by atoms with Crippen LogP contribution in [0.1, 0.15) is 47.6 Å². The first kappa shape index (κ1) is 16.0. The van der Waals surface area contributed by atoms with E-state index in [4.69, 9.17) is 0 Å². The molecule has 2 amide bonds. The summed E-state index contributed by atoms with van der Waals surface area (Å²) in [5.74, 6) is -0.201. The fourth-order valence-corrected chi connectivity index (χ4v) is 2.93. The summed E-state index contributed by atoms with van der Waals surface area (Å²) in [6, 6.07) is 3.87. The van der Waals surface area contributed by atoms with Gasteiger partial charge in [-0.05, 0) is 30.5 Å². The van der Waals surface area contributed by atoms with Crippen molar-refractivity contribution in [3.63, 3.8) is 0 Å². The molecule has 3 heterocycles. The van der Waals surface area contributed by atoms with E-state index in [1.807, 2.05) is 17.0 Å². The predicted octanol–water partition coefficient (Wildman–Crippen LogP) is 1.48. The maximum absolute atomic E-state index is 12.7. The molecule has 7 heteroatoms. The van der Waals surface area contributed by atoms with Gasteiger partial charge in [0.1, 0.15) is 5.69 Å². The van der Waals surface area contributed by atoms with Gasteiger partial charge in [-0.25, -0.2) is 4.98 Å². The molecular weight excluding hydrogens is 306 g/mol. The lowest BCUT2D eigenvalue weighted by atomic mass is 10.0. The monoisotopic (exact) mass is 325 g/mol. The highest BCUT2D eigenvalue weighted by Crippen LogP contribution is 2.32. The SMILES string of the molecule is CC(=O)NCc1cc([C@H]2CCCN2C(=O)c2cnccn2)ccn1. The smallest absolute Gasteiger partial charge is 0.274 e. The van der Waals surface area contributed by atoms with Crippen molar-refractivity contribution in [1.82, 2.24) is 25.2 Å². The van der Waals surface area contributed by atoms with Gasteiger partial charge < -0.3 is 10.2 Å². The summed E-state index contributed by atoms with van der Waals surface area (Å²) in [5, 5.41) is 2.74. The topological polar surface area (TPSA) is 88.1 Å². The van der Waals surface area contributed by atoms with Crippen LogP contribution in [-0.2, 0) is 11.3 Å². The molecule has 0 bridgehead atoms. The van der Waals surface area contributed by atoms with Gasteiger partial charge in [-0.1, -0.05) is 0 Å². The Morgan fingerprint density at radius 3 is 2.92 bits per heavy atom. The van der Waals surface area contributed by atoms with Crippen LogP contribution in [0.25, 0.3) is 0 Å². The van der Waals surface area contributed by atoms with Crippen LogP contribution >= 0.6 is 0 Å². The number of nitrogens with one attached hydrogen (secondary N) is 1. The van der Waals surface area contributed by atoms with Gasteiger partial charge in [0.05, 0.1) is 24.5 Å². The molecule has 7 nitrogen and oxygen atoms in total. The fraction of sp³-hybridized carbons (Fsp3) is 0.353. The van der Waals surface area contributed by atoms with Crippen LogP contribution in [0.3, 0.4) is 0 Å². The molecular formula is C17H19N5O2. The Hall–Kier alpha value is -2.83. The third-order valence-corrected chi connectivity index (χ3v) is 4.04. The minimum absolute atomic E-state index is 0.00131. The molecule has 0 radical (unpaired) electrons. The van der Waals surface area contributed by atoms with Crippen molar-refractivity contribution in [2.75, 3.05) is 6.54 Å². The number of pyridine rings is 1. The second-order valence-electron chi connectivity index (χ2n) is 5.74. The quantitative estimate of drug-likeness (QED) is 0.920.